The lowest BCUT2D eigenvalue weighted by atomic mass is 10.0. The molecule has 3 atom stereocenters. The summed E-state index contributed by atoms with van der Waals surface area (Å²) < 4.78 is 0. The molecular formula is C18H28N2. The van der Waals surface area contributed by atoms with Gasteiger partial charge in [0.1, 0.15) is 0 Å². The molecule has 110 valence electrons. The van der Waals surface area contributed by atoms with Crippen LogP contribution in [0, 0.1) is 12.8 Å². The Morgan fingerprint density at radius 2 is 2.05 bits per heavy atom. The van der Waals surface area contributed by atoms with Gasteiger partial charge in [-0.3, -0.25) is 4.90 Å². The molecule has 1 N–H and O–H groups in total. The zero-order valence-electron chi connectivity index (χ0n) is 12.9. The zero-order chi connectivity index (χ0) is 13.9. The van der Waals surface area contributed by atoms with Crippen molar-refractivity contribution in [2.45, 2.75) is 51.6 Å². The lowest BCUT2D eigenvalue weighted by Crippen LogP contribution is -2.39. The molecule has 0 spiro atoms. The highest BCUT2D eigenvalue weighted by Gasteiger charge is 2.38. The number of likely N-dealkylation sites (tertiary alicyclic amines) is 1. The van der Waals surface area contributed by atoms with Crippen molar-refractivity contribution in [3.05, 3.63) is 35.4 Å². The van der Waals surface area contributed by atoms with E-state index in [4.69, 9.17) is 0 Å². The van der Waals surface area contributed by atoms with Crippen molar-refractivity contribution in [2.24, 2.45) is 5.92 Å². The van der Waals surface area contributed by atoms with Crippen LogP contribution in [0.1, 0.15) is 49.8 Å². The van der Waals surface area contributed by atoms with Gasteiger partial charge in [0, 0.05) is 25.2 Å². The number of aryl methyl sites for hydroxylation is 1. The molecule has 1 aliphatic heterocycles. The van der Waals surface area contributed by atoms with Crippen LogP contribution >= 0.6 is 0 Å². The number of fused-ring (bicyclic) bond motifs is 2. The molecule has 1 aromatic carbocycles. The van der Waals surface area contributed by atoms with Gasteiger partial charge in [0.25, 0.3) is 0 Å². The lowest BCUT2D eigenvalue weighted by Gasteiger charge is -2.31. The normalized spacial score (nSPS) is 27.1. The van der Waals surface area contributed by atoms with Crippen LogP contribution in [-0.4, -0.2) is 30.6 Å². The molecule has 1 saturated heterocycles. The topological polar surface area (TPSA) is 15.3 Å². The van der Waals surface area contributed by atoms with E-state index < -0.39 is 0 Å². The summed E-state index contributed by atoms with van der Waals surface area (Å²) in [5.74, 6) is 0.991. The predicted octanol–water partition coefficient (Wildman–Crippen LogP) is 3.52. The van der Waals surface area contributed by atoms with Gasteiger partial charge in [0.15, 0.2) is 0 Å². The fraction of sp³-hybridized carbons (Fsp3) is 0.667. The monoisotopic (exact) mass is 272 g/mol. The molecule has 1 aliphatic carbocycles. The smallest absolute Gasteiger partial charge is 0.0449 e. The van der Waals surface area contributed by atoms with Crippen LogP contribution in [0.4, 0.5) is 0 Å². The van der Waals surface area contributed by atoms with Gasteiger partial charge in [-0.1, -0.05) is 36.8 Å². The summed E-state index contributed by atoms with van der Waals surface area (Å²) in [6.07, 6.45) is 5.56. The van der Waals surface area contributed by atoms with Crippen molar-refractivity contribution >= 4 is 0 Å². The van der Waals surface area contributed by atoms with Crippen LogP contribution in [0.25, 0.3) is 0 Å². The fourth-order valence-electron chi connectivity index (χ4n) is 3.89. The Balaban J connectivity index is 1.67. The molecule has 2 nitrogen and oxygen atoms in total. The summed E-state index contributed by atoms with van der Waals surface area (Å²) in [6, 6.07) is 10.5. The van der Waals surface area contributed by atoms with E-state index in [2.05, 4.69) is 48.3 Å². The fourth-order valence-corrected chi connectivity index (χ4v) is 3.89. The quantitative estimate of drug-likeness (QED) is 0.852. The van der Waals surface area contributed by atoms with Crippen molar-refractivity contribution in [1.29, 1.82) is 0 Å². The largest absolute Gasteiger partial charge is 0.309 e. The van der Waals surface area contributed by atoms with Gasteiger partial charge in [0.05, 0.1) is 0 Å². The predicted molar refractivity (Wildman–Crippen MR) is 84.9 cm³/mol. The van der Waals surface area contributed by atoms with E-state index >= 15 is 0 Å². The SMILES string of the molecule is CCCNC(CN1CC2CCC1C2)c1ccc(C)cc1. The first-order chi connectivity index (χ1) is 9.76. The van der Waals surface area contributed by atoms with E-state index in [1.54, 1.807) is 0 Å². The number of piperidine rings is 1. The molecular weight excluding hydrogens is 244 g/mol. The second-order valence-corrected chi connectivity index (χ2v) is 6.70. The summed E-state index contributed by atoms with van der Waals surface area (Å²) >= 11 is 0. The number of hydrogen-bond acceptors (Lipinski definition) is 2. The molecule has 2 fully saturated rings. The molecule has 0 aromatic heterocycles. The molecule has 1 heterocycles. The highest BCUT2D eigenvalue weighted by atomic mass is 15.2. The van der Waals surface area contributed by atoms with Gasteiger partial charge in [-0.05, 0) is 50.6 Å². The number of nitrogens with one attached hydrogen (secondary N) is 1. The third-order valence-electron chi connectivity index (χ3n) is 5.06. The van der Waals surface area contributed by atoms with Crippen molar-refractivity contribution in [1.82, 2.24) is 10.2 Å². The van der Waals surface area contributed by atoms with E-state index in [0.29, 0.717) is 6.04 Å². The first kappa shape index (κ1) is 14.1. The second-order valence-electron chi connectivity index (χ2n) is 6.70. The van der Waals surface area contributed by atoms with E-state index in [1.165, 1.54) is 49.9 Å². The van der Waals surface area contributed by atoms with Crippen molar-refractivity contribution in [2.75, 3.05) is 19.6 Å². The third kappa shape index (κ3) is 3.07. The average Bonchev–Trinajstić information content (AvgIpc) is 3.07. The van der Waals surface area contributed by atoms with Crippen LogP contribution in [0.3, 0.4) is 0 Å². The van der Waals surface area contributed by atoms with E-state index in [0.717, 1.165) is 18.5 Å². The van der Waals surface area contributed by atoms with E-state index in [-0.39, 0.29) is 0 Å². The molecule has 20 heavy (non-hydrogen) atoms. The Morgan fingerprint density at radius 1 is 1.25 bits per heavy atom. The highest BCUT2D eigenvalue weighted by Crippen LogP contribution is 2.38. The minimum Gasteiger partial charge on any atom is -0.309 e. The molecule has 3 unspecified atom stereocenters. The zero-order valence-corrected chi connectivity index (χ0v) is 12.9. The molecule has 0 amide bonds. The van der Waals surface area contributed by atoms with Crippen molar-refractivity contribution < 1.29 is 0 Å². The summed E-state index contributed by atoms with van der Waals surface area (Å²) in [6.45, 7) is 8.04. The molecule has 1 aromatic rings. The number of nitrogens with zero attached hydrogens (tertiary/aromatic N) is 1. The van der Waals surface area contributed by atoms with Crippen LogP contribution in [0.5, 0.6) is 0 Å². The van der Waals surface area contributed by atoms with Crippen LogP contribution in [0.15, 0.2) is 24.3 Å². The van der Waals surface area contributed by atoms with Crippen molar-refractivity contribution in [3.8, 4) is 0 Å². The standard InChI is InChI=1S/C18H28N2/c1-3-10-19-18(16-7-4-14(2)5-8-16)13-20-12-15-6-9-17(20)11-15/h4-5,7-8,15,17-19H,3,6,9-13H2,1-2H3. The van der Waals surface area contributed by atoms with Gasteiger partial charge in [0.2, 0.25) is 0 Å². The Bertz CT molecular complexity index is 426. The first-order valence-electron chi connectivity index (χ1n) is 8.30. The minimum atomic E-state index is 0.495. The van der Waals surface area contributed by atoms with E-state index in [1.807, 2.05) is 0 Å². The van der Waals surface area contributed by atoms with Gasteiger partial charge in [-0.25, -0.2) is 0 Å². The Hall–Kier alpha value is -0.860. The summed E-state index contributed by atoms with van der Waals surface area (Å²) in [5, 5.41) is 3.75. The highest BCUT2D eigenvalue weighted by molar-refractivity contribution is 5.24. The molecule has 3 rings (SSSR count). The minimum absolute atomic E-state index is 0.495. The maximum atomic E-state index is 3.75. The number of benzene rings is 1. The van der Waals surface area contributed by atoms with Gasteiger partial charge in [-0.2, -0.15) is 0 Å². The van der Waals surface area contributed by atoms with Crippen LogP contribution < -0.4 is 5.32 Å². The molecule has 0 radical (unpaired) electrons. The second kappa shape index (κ2) is 6.28. The molecule has 2 bridgehead atoms. The Morgan fingerprint density at radius 3 is 2.65 bits per heavy atom. The van der Waals surface area contributed by atoms with Crippen molar-refractivity contribution in [3.63, 3.8) is 0 Å². The maximum Gasteiger partial charge on any atom is 0.0449 e. The third-order valence-corrected chi connectivity index (χ3v) is 5.06. The van der Waals surface area contributed by atoms with Gasteiger partial charge in [-0.15, -0.1) is 0 Å². The summed E-state index contributed by atoms with van der Waals surface area (Å²) in [4.78, 5) is 2.74. The van der Waals surface area contributed by atoms with Crippen LogP contribution in [0.2, 0.25) is 0 Å². The number of hydrogen-bond donors (Lipinski definition) is 1. The Labute approximate surface area is 123 Å². The summed E-state index contributed by atoms with van der Waals surface area (Å²) in [7, 11) is 0. The maximum absolute atomic E-state index is 3.75. The summed E-state index contributed by atoms with van der Waals surface area (Å²) in [5.41, 5.74) is 2.80. The van der Waals surface area contributed by atoms with Crippen LogP contribution in [-0.2, 0) is 0 Å². The first-order valence-corrected chi connectivity index (χ1v) is 8.30. The van der Waals surface area contributed by atoms with Gasteiger partial charge >= 0.3 is 0 Å². The molecule has 2 heteroatoms. The van der Waals surface area contributed by atoms with Gasteiger partial charge < -0.3 is 5.32 Å². The lowest BCUT2D eigenvalue weighted by molar-refractivity contribution is 0.191. The number of rotatable bonds is 6. The molecule has 1 saturated carbocycles. The van der Waals surface area contributed by atoms with E-state index in [9.17, 15) is 0 Å². The average molecular weight is 272 g/mol. The Kier molecular flexibility index (Phi) is 4.42. The molecule has 2 aliphatic rings.